The summed E-state index contributed by atoms with van der Waals surface area (Å²) in [6.07, 6.45) is 3.26. The molecular weight excluding hydrogens is 262 g/mol. The molecule has 19 heavy (non-hydrogen) atoms. The molecule has 1 unspecified atom stereocenters. The molecule has 6 heteroatoms. The molecular formula is C13H17N3O2S. The van der Waals surface area contributed by atoms with Gasteiger partial charge < -0.3 is 10.4 Å². The Morgan fingerprint density at radius 3 is 3.00 bits per heavy atom. The minimum atomic E-state index is -0.773. The summed E-state index contributed by atoms with van der Waals surface area (Å²) in [7, 11) is 0. The lowest BCUT2D eigenvalue weighted by Crippen LogP contribution is -2.17. The summed E-state index contributed by atoms with van der Waals surface area (Å²) in [5.74, 6) is 0.0177. The van der Waals surface area contributed by atoms with Crippen LogP contribution in [0.15, 0.2) is 12.4 Å². The van der Waals surface area contributed by atoms with Crippen molar-refractivity contribution in [2.24, 2.45) is 0 Å². The minimum Gasteiger partial charge on any atom is -0.481 e. The lowest BCUT2D eigenvalue weighted by molar-refractivity contribution is -0.137. The van der Waals surface area contributed by atoms with Crippen molar-refractivity contribution < 1.29 is 9.90 Å². The standard InChI is InChI=1S/C13H17N3O2S/c1-3-9-6-10-12(14-7-15-13(10)19-9)16-8(2)4-5-11(17)18/h6-8H,3-5H2,1-2H3,(H,17,18)(H,14,15,16). The highest BCUT2D eigenvalue weighted by Gasteiger charge is 2.11. The third-order valence-corrected chi connectivity index (χ3v) is 4.09. The number of aromatic nitrogens is 2. The van der Waals surface area contributed by atoms with Crippen LogP contribution in [0.1, 0.15) is 31.6 Å². The van der Waals surface area contributed by atoms with Crippen molar-refractivity contribution in [1.29, 1.82) is 0 Å². The maximum absolute atomic E-state index is 10.6. The van der Waals surface area contributed by atoms with Crippen LogP contribution < -0.4 is 5.32 Å². The van der Waals surface area contributed by atoms with Crippen LogP contribution in [0.3, 0.4) is 0 Å². The van der Waals surface area contributed by atoms with Gasteiger partial charge in [0, 0.05) is 17.3 Å². The van der Waals surface area contributed by atoms with Crippen LogP contribution in [0, 0.1) is 0 Å². The highest BCUT2D eigenvalue weighted by Crippen LogP contribution is 2.28. The van der Waals surface area contributed by atoms with E-state index >= 15 is 0 Å². The van der Waals surface area contributed by atoms with Gasteiger partial charge in [-0.1, -0.05) is 6.92 Å². The van der Waals surface area contributed by atoms with Crippen molar-refractivity contribution >= 4 is 33.3 Å². The van der Waals surface area contributed by atoms with Gasteiger partial charge in [-0.05, 0) is 25.8 Å². The summed E-state index contributed by atoms with van der Waals surface area (Å²) in [6.45, 7) is 4.07. The number of fused-ring (bicyclic) bond motifs is 1. The first-order valence-corrected chi connectivity index (χ1v) is 7.13. The van der Waals surface area contributed by atoms with Gasteiger partial charge in [-0.3, -0.25) is 4.79 Å². The number of anilines is 1. The monoisotopic (exact) mass is 279 g/mol. The van der Waals surface area contributed by atoms with E-state index in [9.17, 15) is 4.79 Å². The molecule has 1 atom stereocenters. The van der Waals surface area contributed by atoms with E-state index in [2.05, 4.69) is 28.3 Å². The molecule has 0 radical (unpaired) electrons. The minimum absolute atomic E-state index is 0.0687. The van der Waals surface area contributed by atoms with Crippen LogP contribution in [0.5, 0.6) is 0 Å². The maximum atomic E-state index is 10.6. The summed E-state index contributed by atoms with van der Waals surface area (Å²) >= 11 is 1.67. The highest BCUT2D eigenvalue weighted by molar-refractivity contribution is 7.18. The first-order chi connectivity index (χ1) is 9.10. The fraction of sp³-hybridized carbons (Fsp3) is 0.462. The zero-order valence-electron chi connectivity index (χ0n) is 11.0. The number of thiophene rings is 1. The van der Waals surface area contributed by atoms with Crippen molar-refractivity contribution in [3.8, 4) is 0 Å². The second-order valence-electron chi connectivity index (χ2n) is 4.49. The normalized spacial score (nSPS) is 12.5. The lowest BCUT2D eigenvalue weighted by atomic mass is 10.2. The van der Waals surface area contributed by atoms with E-state index in [-0.39, 0.29) is 12.5 Å². The van der Waals surface area contributed by atoms with E-state index in [1.54, 1.807) is 17.7 Å². The molecule has 0 spiro atoms. The second kappa shape index (κ2) is 5.97. The molecule has 0 aliphatic heterocycles. The van der Waals surface area contributed by atoms with Gasteiger partial charge in [0.15, 0.2) is 0 Å². The van der Waals surface area contributed by atoms with Crippen LogP contribution >= 0.6 is 11.3 Å². The molecule has 0 bridgehead atoms. The summed E-state index contributed by atoms with van der Waals surface area (Å²) in [5.41, 5.74) is 0. The average molecular weight is 279 g/mol. The molecule has 0 fully saturated rings. The van der Waals surface area contributed by atoms with Gasteiger partial charge in [-0.15, -0.1) is 11.3 Å². The van der Waals surface area contributed by atoms with Crippen molar-refractivity contribution in [3.63, 3.8) is 0 Å². The molecule has 2 heterocycles. The quantitative estimate of drug-likeness (QED) is 0.850. The van der Waals surface area contributed by atoms with Crippen LogP contribution in [-0.2, 0) is 11.2 Å². The number of carboxylic acids is 1. The SMILES string of the molecule is CCc1cc2c(NC(C)CCC(=O)O)ncnc2s1. The molecule has 0 saturated carbocycles. The number of carboxylic acid groups (broad SMARTS) is 1. The van der Waals surface area contributed by atoms with Crippen LogP contribution in [0.4, 0.5) is 5.82 Å². The maximum Gasteiger partial charge on any atom is 0.303 e. The summed E-state index contributed by atoms with van der Waals surface area (Å²) < 4.78 is 0. The molecule has 0 amide bonds. The summed E-state index contributed by atoms with van der Waals surface area (Å²) in [4.78, 5) is 21.3. The fourth-order valence-electron chi connectivity index (χ4n) is 1.84. The van der Waals surface area contributed by atoms with Crippen LogP contribution in [-0.4, -0.2) is 27.1 Å². The number of aliphatic carboxylic acids is 1. The molecule has 2 aromatic heterocycles. The fourth-order valence-corrected chi connectivity index (χ4v) is 2.78. The van der Waals surface area contributed by atoms with Gasteiger partial charge in [0.05, 0.1) is 5.39 Å². The van der Waals surface area contributed by atoms with Crippen LogP contribution in [0.2, 0.25) is 0 Å². The third-order valence-electron chi connectivity index (χ3n) is 2.90. The first-order valence-electron chi connectivity index (χ1n) is 6.32. The molecule has 0 aliphatic carbocycles. The number of hydrogen-bond acceptors (Lipinski definition) is 5. The molecule has 2 aromatic rings. The molecule has 2 rings (SSSR count). The predicted octanol–water partition coefficient (Wildman–Crippen LogP) is 2.92. The number of rotatable bonds is 6. The number of hydrogen-bond donors (Lipinski definition) is 2. The van der Waals surface area contributed by atoms with Crippen LogP contribution in [0.25, 0.3) is 10.2 Å². The van der Waals surface area contributed by atoms with Gasteiger partial charge in [0.1, 0.15) is 17.0 Å². The second-order valence-corrected chi connectivity index (χ2v) is 5.60. The molecule has 0 aromatic carbocycles. The predicted molar refractivity (Wildman–Crippen MR) is 76.7 cm³/mol. The zero-order chi connectivity index (χ0) is 13.8. The number of nitrogens with one attached hydrogen (secondary N) is 1. The van der Waals surface area contributed by atoms with Crippen molar-refractivity contribution in [2.75, 3.05) is 5.32 Å². The van der Waals surface area contributed by atoms with E-state index in [0.29, 0.717) is 6.42 Å². The molecule has 0 saturated heterocycles. The van der Waals surface area contributed by atoms with Crippen molar-refractivity contribution in [3.05, 3.63) is 17.3 Å². The molecule has 0 aliphatic rings. The highest BCUT2D eigenvalue weighted by atomic mass is 32.1. The third kappa shape index (κ3) is 3.41. The Morgan fingerprint density at radius 1 is 1.53 bits per heavy atom. The molecule has 5 nitrogen and oxygen atoms in total. The molecule has 102 valence electrons. The van der Waals surface area contributed by atoms with Crippen molar-refractivity contribution in [1.82, 2.24) is 9.97 Å². The van der Waals surface area contributed by atoms with E-state index in [4.69, 9.17) is 5.11 Å². The van der Waals surface area contributed by atoms with E-state index in [1.165, 1.54) is 4.88 Å². The van der Waals surface area contributed by atoms with Gasteiger partial charge in [-0.25, -0.2) is 9.97 Å². The lowest BCUT2D eigenvalue weighted by Gasteiger charge is -2.13. The Bertz CT molecular complexity index is 582. The number of carbonyl (C=O) groups is 1. The van der Waals surface area contributed by atoms with Gasteiger partial charge in [0.2, 0.25) is 0 Å². The largest absolute Gasteiger partial charge is 0.481 e. The smallest absolute Gasteiger partial charge is 0.303 e. The Hall–Kier alpha value is -1.69. The summed E-state index contributed by atoms with van der Waals surface area (Å²) in [6, 6.07) is 2.17. The average Bonchev–Trinajstić information content (AvgIpc) is 2.80. The van der Waals surface area contributed by atoms with Crippen molar-refractivity contribution in [2.45, 2.75) is 39.2 Å². The van der Waals surface area contributed by atoms with E-state index in [1.807, 2.05) is 6.92 Å². The Labute approximate surface area is 115 Å². The number of nitrogens with zero attached hydrogens (tertiary/aromatic N) is 2. The Balaban J connectivity index is 2.15. The van der Waals surface area contributed by atoms with E-state index < -0.39 is 5.97 Å². The van der Waals surface area contributed by atoms with E-state index in [0.717, 1.165) is 22.5 Å². The van der Waals surface area contributed by atoms with Gasteiger partial charge in [-0.2, -0.15) is 0 Å². The molecule has 2 N–H and O–H groups in total. The van der Waals surface area contributed by atoms with Gasteiger partial charge >= 0.3 is 5.97 Å². The Kier molecular flexibility index (Phi) is 4.31. The van der Waals surface area contributed by atoms with Gasteiger partial charge in [0.25, 0.3) is 0 Å². The summed E-state index contributed by atoms with van der Waals surface area (Å²) in [5, 5.41) is 13.0. The first kappa shape index (κ1) is 13.7. The number of aryl methyl sites for hydroxylation is 1. The Morgan fingerprint density at radius 2 is 2.32 bits per heavy atom. The topological polar surface area (TPSA) is 75.1 Å². The zero-order valence-corrected chi connectivity index (χ0v) is 11.8.